The fourth-order valence-corrected chi connectivity index (χ4v) is 4.04. The zero-order valence-electron chi connectivity index (χ0n) is 17.3. The number of carbonyl (C=O) groups is 2. The average Bonchev–Trinajstić information content (AvgIpc) is 2.79. The Labute approximate surface area is 176 Å². The molecule has 2 saturated heterocycles. The van der Waals surface area contributed by atoms with Crippen LogP contribution in [0.4, 0.5) is 10.2 Å². The third kappa shape index (κ3) is 4.30. The van der Waals surface area contributed by atoms with E-state index in [0.717, 1.165) is 37.7 Å². The minimum absolute atomic E-state index is 0.0733. The smallest absolute Gasteiger partial charge is 0.256 e. The number of amides is 2. The molecule has 0 bridgehead atoms. The lowest BCUT2D eigenvalue weighted by Gasteiger charge is -2.35. The van der Waals surface area contributed by atoms with Gasteiger partial charge in [0.2, 0.25) is 0 Å². The van der Waals surface area contributed by atoms with E-state index in [9.17, 15) is 14.0 Å². The first kappa shape index (κ1) is 20.3. The molecule has 2 aliphatic heterocycles. The Hall–Kier alpha value is -2.96. The Bertz CT molecular complexity index is 902. The van der Waals surface area contributed by atoms with Gasteiger partial charge in [0.1, 0.15) is 11.6 Å². The maximum atomic E-state index is 13.9. The van der Waals surface area contributed by atoms with Gasteiger partial charge in [-0.25, -0.2) is 9.37 Å². The number of rotatable bonds is 3. The summed E-state index contributed by atoms with van der Waals surface area (Å²) in [5, 5.41) is 0. The molecule has 30 heavy (non-hydrogen) atoms. The van der Waals surface area contributed by atoms with Crippen LogP contribution in [0.25, 0.3) is 0 Å². The fourth-order valence-electron chi connectivity index (χ4n) is 4.04. The van der Waals surface area contributed by atoms with Gasteiger partial charge in [-0.3, -0.25) is 9.59 Å². The molecular formula is C23H27FN4O2. The number of hydrogen-bond acceptors (Lipinski definition) is 4. The minimum atomic E-state index is -0.518. The second kappa shape index (κ2) is 8.81. The van der Waals surface area contributed by atoms with Crippen molar-refractivity contribution in [3.63, 3.8) is 0 Å². The molecule has 0 N–H and O–H groups in total. The van der Waals surface area contributed by atoms with Crippen molar-refractivity contribution in [1.29, 1.82) is 0 Å². The summed E-state index contributed by atoms with van der Waals surface area (Å²) < 4.78 is 13.9. The van der Waals surface area contributed by atoms with Crippen molar-refractivity contribution in [3.8, 4) is 0 Å². The molecule has 4 rings (SSSR count). The molecule has 6 nitrogen and oxygen atoms in total. The van der Waals surface area contributed by atoms with E-state index < -0.39 is 5.82 Å². The molecular weight excluding hydrogens is 383 g/mol. The number of piperidine rings is 1. The number of halogens is 1. The van der Waals surface area contributed by atoms with Crippen LogP contribution in [-0.2, 0) is 0 Å². The fraction of sp³-hybridized carbons (Fsp3) is 0.435. The van der Waals surface area contributed by atoms with Crippen LogP contribution in [0.3, 0.4) is 0 Å². The summed E-state index contributed by atoms with van der Waals surface area (Å²) in [6, 6.07) is 9.74. The molecule has 1 aromatic carbocycles. The van der Waals surface area contributed by atoms with Crippen molar-refractivity contribution in [1.82, 2.24) is 14.8 Å². The highest BCUT2D eigenvalue weighted by atomic mass is 19.1. The van der Waals surface area contributed by atoms with Crippen LogP contribution in [-0.4, -0.2) is 65.9 Å². The lowest BCUT2D eigenvalue weighted by Crippen LogP contribution is -2.50. The quantitative estimate of drug-likeness (QED) is 0.781. The van der Waals surface area contributed by atoms with Gasteiger partial charge in [-0.15, -0.1) is 0 Å². The Morgan fingerprint density at radius 3 is 2.13 bits per heavy atom. The third-order valence-corrected chi connectivity index (χ3v) is 6.06. The number of nitrogens with zero attached hydrogens (tertiary/aromatic N) is 4. The number of anilines is 1. The molecule has 7 heteroatoms. The van der Waals surface area contributed by atoms with Gasteiger partial charge in [0.05, 0.1) is 11.1 Å². The molecule has 1 aromatic heterocycles. The van der Waals surface area contributed by atoms with Crippen LogP contribution in [0.1, 0.15) is 40.5 Å². The molecule has 0 spiro atoms. The highest BCUT2D eigenvalue weighted by molar-refractivity contribution is 5.96. The predicted molar refractivity (Wildman–Crippen MR) is 113 cm³/mol. The van der Waals surface area contributed by atoms with E-state index in [-0.39, 0.29) is 17.4 Å². The summed E-state index contributed by atoms with van der Waals surface area (Å²) >= 11 is 0. The summed E-state index contributed by atoms with van der Waals surface area (Å²) in [5.41, 5.74) is 0.627. The van der Waals surface area contributed by atoms with Crippen LogP contribution in [0, 0.1) is 11.7 Å². The van der Waals surface area contributed by atoms with Crippen LogP contribution in [0.5, 0.6) is 0 Å². The molecule has 0 saturated carbocycles. The van der Waals surface area contributed by atoms with E-state index in [2.05, 4.69) is 16.8 Å². The van der Waals surface area contributed by atoms with Crippen molar-refractivity contribution in [2.75, 3.05) is 44.2 Å². The molecule has 2 aromatic rings. The van der Waals surface area contributed by atoms with Crippen LogP contribution < -0.4 is 4.90 Å². The number of carbonyl (C=O) groups excluding carboxylic acids is 2. The molecule has 0 unspecified atom stereocenters. The summed E-state index contributed by atoms with van der Waals surface area (Å²) in [4.78, 5) is 35.5. The standard InChI is InChI=1S/C23H27FN4O2/c1-17-8-10-26(11-9-17)21-7-6-18(16-25-21)22(29)27-12-14-28(15-13-27)23(30)19-4-2-3-5-20(19)24/h2-7,16-17H,8-15H2,1H3. The van der Waals surface area contributed by atoms with Gasteiger partial charge in [0.25, 0.3) is 11.8 Å². The SMILES string of the molecule is CC1CCN(c2ccc(C(=O)N3CCN(C(=O)c4ccccc4F)CC3)cn2)CC1. The number of benzene rings is 1. The molecule has 0 aliphatic carbocycles. The molecule has 3 heterocycles. The summed E-state index contributed by atoms with van der Waals surface area (Å²) in [6.07, 6.45) is 3.98. The van der Waals surface area contributed by atoms with E-state index in [1.54, 1.807) is 28.1 Å². The second-order valence-corrected chi connectivity index (χ2v) is 8.14. The van der Waals surface area contributed by atoms with Crippen molar-refractivity contribution < 1.29 is 14.0 Å². The largest absolute Gasteiger partial charge is 0.357 e. The van der Waals surface area contributed by atoms with Crippen LogP contribution in [0.15, 0.2) is 42.6 Å². The molecule has 0 atom stereocenters. The predicted octanol–water partition coefficient (Wildman–Crippen LogP) is 3.06. The summed E-state index contributed by atoms with van der Waals surface area (Å²) in [7, 11) is 0. The number of piperazine rings is 1. The number of hydrogen-bond donors (Lipinski definition) is 0. The Kier molecular flexibility index (Phi) is 5.97. The highest BCUT2D eigenvalue weighted by Gasteiger charge is 2.27. The van der Waals surface area contributed by atoms with E-state index in [1.807, 2.05) is 12.1 Å². The van der Waals surface area contributed by atoms with Gasteiger partial charge >= 0.3 is 0 Å². The van der Waals surface area contributed by atoms with E-state index in [1.165, 1.54) is 12.1 Å². The Morgan fingerprint density at radius 2 is 1.53 bits per heavy atom. The Balaban J connectivity index is 1.34. The minimum Gasteiger partial charge on any atom is -0.357 e. The zero-order chi connectivity index (χ0) is 21.1. The monoisotopic (exact) mass is 410 g/mol. The average molecular weight is 410 g/mol. The van der Waals surface area contributed by atoms with Gasteiger partial charge in [0, 0.05) is 45.5 Å². The Morgan fingerprint density at radius 1 is 0.900 bits per heavy atom. The van der Waals surface area contributed by atoms with Crippen molar-refractivity contribution in [3.05, 3.63) is 59.5 Å². The normalized spacial score (nSPS) is 17.9. The van der Waals surface area contributed by atoms with Crippen molar-refractivity contribution in [2.24, 2.45) is 5.92 Å². The lowest BCUT2D eigenvalue weighted by molar-refractivity contribution is 0.0532. The molecule has 2 fully saturated rings. The van der Waals surface area contributed by atoms with E-state index in [4.69, 9.17) is 0 Å². The zero-order valence-corrected chi connectivity index (χ0v) is 17.3. The number of pyridine rings is 1. The van der Waals surface area contributed by atoms with Gasteiger partial charge in [-0.2, -0.15) is 0 Å². The third-order valence-electron chi connectivity index (χ3n) is 6.06. The van der Waals surface area contributed by atoms with Gasteiger partial charge in [-0.1, -0.05) is 19.1 Å². The lowest BCUT2D eigenvalue weighted by atomic mass is 9.99. The van der Waals surface area contributed by atoms with E-state index in [0.29, 0.717) is 31.7 Å². The van der Waals surface area contributed by atoms with Crippen LogP contribution >= 0.6 is 0 Å². The topological polar surface area (TPSA) is 56.8 Å². The maximum Gasteiger partial charge on any atom is 0.256 e. The molecule has 158 valence electrons. The number of aromatic nitrogens is 1. The van der Waals surface area contributed by atoms with E-state index >= 15 is 0 Å². The van der Waals surface area contributed by atoms with Crippen LogP contribution in [0.2, 0.25) is 0 Å². The summed E-state index contributed by atoms with van der Waals surface area (Å²) in [6.45, 7) is 5.89. The first-order chi connectivity index (χ1) is 14.5. The van der Waals surface area contributed by atoms with Crippen molar-refractivity contribution >= 4 is 17.6 Å². The van der Waals surface area contributed by atoms with Gasteiger partial charge < -0.3 is 14.7 Å². The molecule has 2 amide bonds. The highest BCUT2D eigenvalue weighted by Crippen LogP contribution is 2.22. The second-order valence-electron chi connectivity index (χ2n) is 8.14. The molecule has 0 radical (unpaired) electrons. The first-order valence-electron chi connectivity index (χ1n) is 10.6. The van der Waals surface area contributed by atoms with Crippen molar-refractivity contribution in [2.45, 2.75) is 19.8 Å². The first-order valence-corrected chi connectivity index (χ1v) is 10.6. The molecule has 2 aliphatic rings. The maximum absolute atomic E-state index is 13.9. The summed E-state index contributed by atoms with van der Waals surface area (Å²) in [5.74, 6) is 0.737. The van der Waals surface area contributed by atoms with Gasteiger partial charge in [-0.05, 0) is 43.0 Å². The van der Waals surface area contributed by atoms with Gasteiger partial charge in [0.15, 0.2) is 0 Å².